The number of aromatic amines is 1. The molecule has 1 aliphatic rings. The van der Waals surface area contributed by atoms with Gasteiger partial charge in [-0.25, -0.2) is 9.89 Å². The Bertz CT molecular complexity index is 640. The molecule has 0 aromatic carbocycles. The highest BCUT2D eigenvalue weighted by molar-refractivity contribution is 5.96. The summed E-state index contributed by atoms with van der Waals surface area (Å²) in [5, 5.41) is 15.3. The van der Waals surface area contributed by atoms with Crippen molar-refractivity contribution in [3.63, 3.8) is 0 Å². The van der Waals surface area contributed by atoms with E-state index in [-0.39, 0.29) is 25.3 Å². The number of amides is 1. The zero-order valence-electron chi connectivity index (χ0n) is 12.6. The Morgan fingerprint density at radius 2 is 2.14 bits per heavy atom. The van der Waals surface area contributed by atoms with E-state index in [1.807, 2.05) is 13.8 Å². The Morgan fingerprint density at radius 1 is 1.41 bits per heavy atom. The van der Waals surface area contributed by atoms with Gasteiger partial charge in [-0.1, -0.05) is 13.8 Å². The lowest BCUT2D eigenvalue weighted by molar-refractivity contribution is -0.154. The van der Waals surface area contributed by atoms with Crippen molar-refractivity contribution in [1.82, 2.24) is 15.1 Å². The molecule has 1 atom stereocenters. The maximum Gasteiger partial charge on any atom is 0.334 e. The van der Waals surface area contributed by atoms with Crippen LogP contribution in [0, 0.1) is 0 Å². The molecule has 1 aromatic rings. The summed E-state index contributed by atoms with van der Waals surface area (Å²) in [4.78, 5) is 37.1. The van der Waals surface area contributed by atoms with Crippen LogP contribution in [0.15, 0.2) is 4.79 Å². The second-order valence-corrected chi connectivity index (χ2v) is 5.01. The first-order valence-electron chi connectivity index (χ1n) is 7.23. The molecule has 1 saturated heterocycles. The molecule has 0 spiro atoms. The minimum absolute atomic E-state index is 0.0559. The molecule has 1 unspecified atom stereocenters. The summed E-state index contributed by atoms with van der Waals surface area (Å²) < 4.78 is 5.10. The number of rotatable bonds is 4. The summed E-state index contributed by atoms with van der Waals surface area (Å²) in [7, 11) is 0. The average Bonchev–Trinajstić information content (AvgIpc) is 2.53. The number of nitrogens with zero attached hydrogens (tertiary/aromatic N) is 2. The minimum Gasteiger partial charge on any atom is -0.479 e. The highest BCUT2D eigenvalue weighted by atomic mass is 16.5. The van der Waals surface area contributed by atoms with Crippen molar-refractivity contribution >= 4 is 11.9 Å². The number of aromatic nitrogens is 2. The first kappa shape index (κ1) is 16.2. The van der Waals surface area contributed by atoms with Crippen molar-refractivity contribution in [2.24, 2.45) is 0 Å². The molecule has 1 aliphatic heterocycles. The molecule has 1 amide bonds. The molecule has 2 rings (SSSR count). The first-order chi connectivity index (χ1) is 10.5. The average molecular weight is 309 g/mol. The maximum absolute atomic E-state index is 12.7. The fourth-order valence-electron chi connectivity index (χ4n) is 2.56. The molecule has 0 radical (unpaired) electrons. The number of ether oxygens (including phenoxy) is 1. The molecule has 1 fully saturated rings. The van der Waals surface area contributed by atoms with Crippen molar-refractivity contribution in [1.29, 1.82) is 0 Å². The van der Waals surface area contributed by atoms with E-state index in [1.165, 1.54) is 4.90 Å². The molecule has 8 nitrogen and oxygen atoms in total. The molecular formula is C14H19N3O5. The Balaban J connectivity index is 2.37. The van der Waals surface area contributed by atoms with E-state index in [9.17, 15) is 14.4 Å². The minimum atomic E-state index is -1.12. The van der Waals surface area contributed by atoms with E-state index in [2.05, 4.69) is 10.2 Å². The standard InChI is InChI=1S/C14H19N3O5/c1-3-8-9(4-2)15-16-12(18)11(8)13(19)17-5-6-22-10(7-17)14(20)21/h10H,3-7H2,1-2H3,(H,16,18)(H,20,21). The van der Waals surface area contributed by atoms with E-state index < -0.39 is 23.5 Å². The Hall–Kier alpha value is -2.22. The number of aliphatic carboxylic acids is 1. The number of aryl methyl sites for hydroxylation is 1. The van der Waals surface area contributed by atoms with Gasteiger partial charge in [0, 0.05) is 6.54 Å². The molecule has 8 heteroatoms. The SMILES string of the molecule is CCc1n[nH]c(=O)c(C(=O)N2CCOC(C(=O)O)C2)c1CC. The number of hydrogen-bond donors (Lipinski definition) is 2. The molecule has 2 N–H and O–H groups in total. The number of carbonyl (C=O) groups is 2. The van der Waals surface area contributed by atoms with Crippen LogP contribution in [0.25, 0.3) is 0 Å². The van der Waals surface area contributed by atoms with Gasteiger partial charge in [-0.15, -0.1) is 0 Å². The van der Waals surface area contributed by atoms with Crippen LogP contribution in [0.2, 0.25) is 0 Å². The molecule has 0 aliphatic carbocycles. The van der Waals surface area contributed by atoms with Crippen LogP contribution >= 0.6 is 0 Å². The van der Waals surface area contributed by atoms with Crippen molar-refractivity contribution in [2.75, 3.05) is 19.7 Å². The summed E-state index contributed by atoms with van der Waals surface area (Å²) in [6, 6.07) is 0. The second kappa shape index (κ2) is 6.69. The van der Waals surface area contributed by atoms with Crippen LogP contribution in [0.5, 0.6) is 0 Å². The van der Waals surface area contributed by atoms with E-state index in [0.29, 0.717) is 24.1 Å². The molecule has 1 aromatic heterocycles. The van der Waals surface area contributed by atoms with Crippen LogP contribution in [0.3, 0.4) is 0 Å². The zero-order valence-corrected chi connectivity index (χ0v) is 12.6. The first-order valence-corrected chi connectivity index (χ1v) is 7.23. The highest BCUT2D eigenvalue weighted by Crippen LogP contribution is 2.15. The lowest BCUT2D eigenvalue weighted by atomic mass is 10.0. The third-order valence-electron chi connectivity index (χ3n) is 3.70. The Morgan fingerprint density at radius 3 is 2.73 bits per heavy atom. The third kappa shape index (κ3) is 3.01. The number of carboxylic acids is 1. The van der Waals surface area contributed by atoms with E-state index in [0.717, 1.165) is 0 Å². The predicted octanol–water partition coefficient (Wildman–Crippen LogP) is -0.180. The van der Waals surface area contributed by atoms with Gasteiger partial charge in [0.25, 0.3) is 11.5 Å². The number of nitrogens with one attached hydrogen (secondary N) is 1. The van der Waals surface area contributed by atoms with Crippen LogP contribution in [-0.4, -0.2) is 57.9 Å². The Labute approximate surface area is 127 Å². The van der Waals surface area contributed by atoms with E-state index >= 15 is 0 Å². The van der Waals surface area contributed by atoms with Gasteiger partial charge in [-0.2, -0.15) is 5.10 Å². The fraction of sp³-hybridized carbons (Fsp3) is 0.571. The van der Waals surface area contributed by atoms with Crippen LogP contribution in [0.1, 0.15) is 35.5 Å². The van der Waals surface area contributed by atoms with E-state index in [1.54, 1.807) is 0 Å². The van der Waals surface area contributed by atoms with Gasteiger partial charge >= 0.3 is 5.97 Å². The number of hydrogen-bond acceptors (Lipinski definition) is 5. The lowest BCUT2D eigenvalue weighted by Crippen LogP contribution is -2.49. The van der Waals surface area contributed by atoms with Gasteiger partial charge in [0.05, 0.1) is 18.8 Å². The number of carbonyl (C=O) groups excluding carboxylic acids is 1. The van der Waals surface area contributed by atoms with Crippen LogP contribution in [-0.2, 0) is 22.4 Å². The predicted molar refractivity (Wildman–Crippen MR) is 76.9 cm³/mol. The summed E-state index contributed by atoms with van der Waals surface area (Å²) in [5.74, 6) is -1.59. The number of H-pyrrole nitrogens is 1. The van der Waals surface area contributed by atoms with Crippen molar-refractivity contribution in [3.05, 3.63) is 27.2 Å². The van der Waals surface area contributed by atoms with Crippen molar-refractivity contribution in [2.45, 2.75) is 32.8 Å². The monoisotopic (exact) mass is 309 g/mol. The zero-order chi connectivity index (χ0) is 16.3. The van der Waals surface area contributed by atoms with Gasteiger partial charge in [-0.3, -0.25) is 9.59 Å². The van der Waals surface area contributed by atoms with Gasteiger partial charge in [0.1, 0.15) is 5.56 Å². The maximum atomic E-state index is 12.7. The highest BCUT2D eigenvalue weighted by Gasteiger charge is 2.31. The summed E-state index contributed by atoms with van der Waals surface area (Å²) in [6.45, 7) is 4.07. The normalized spacial score (nSPS) is 18.3. The quantitative estimate of drug-likeness (QED) is 0.798. The summed E-state index contributed by atoms with van der Waals surface area (Å²) in [6.07, 6.45) is 0.0453. The topological polar surface area (TPSA) is 113 Å². The van der Waals surface area contributed by atoms with Gasteiger partial charge in [0.15, 0.2) is 6.10 Å². The summed E-state index contributed by atoms with van der Waals surface area (Å²) in [5.41, 5.74) is 0.806. The lowest BCUT2D eigenvalue weighted by Gasteiger charge is -2.31. The number of carboxylic acid groups (broad SMARTS) is 1. The molecular weight excluding hydrogens is 290 g/mol. The largest absolute Gasteiger partial charge is 0.479 e. The smallest absolute Gasteiger partial charge is 0.334 e. The van der Waals surface area contributed by atoms with Gasteiger partial charge in [0.2, 0.25) is 0 Å². The van der Waals surface area contributed by atoms with E-state index in [4.69, 9.17) is 9.84 Å². The van der Waals surface area contributed by atoms with Gasteiger partial charge in [-0.05, 0) is 18.4 Å². The molecule has 0 saturated carbocycles. The fourth-order valence-corrected chi connectivity index (χ4v) is 2.56. The number of morpholine rings is 1. The molecule has 2 heterocycles. The molecule has 22 heavy (non-hydrogen) atoms. The summed E-state index contributed by atoms with van der Waals surface area (Å²) >= 11 is 0. The van der Waals surface area contributed by atoms with Gasteiger partial charge < -0.3 is 14.7 Å². The van der Waals surface area contributed by atoms with Crippen LogP contribution < -0.4 is 5.56 Å². The van der Waals surface area contributed by atoms with Crippen molar-refractivity contribution < 1.29 is 19.4 Å². The van der Waals surface area contributed by atoms with Crippen molar-refractivity contribution in [3.8, 4) is 0 Å². The third-order valence-corrected chi connectivity index (χ3v) is 3.70. The molecule has 0 bridgehead atoms. The second-order valence-electron chi connectivity index (χ2n) is 5.01. The van der Waals surface area contributed by atoms with Crippen LogP contribution in [0.4, 0.5) is 0 Å². The Kier molecular flexibility index (Phi) is 4.92. The molecule has 120 valence electrons.